The van der Waals surface area contributed by atoms with Gasteiger partial charge in [0, 0.05) is 27.8 Å². The smallest absolute Gasteiger partial charge is 0.410 e. The monoisotopic (exact) mass is 512 g/mol. The summed E-state index contributed by atoms with van der Waals surface area (Å²) < 4.78 is 14.3. The molecule has 0 aliphatic carbocycles. The molecule has 3 heterocycles. The molecule has 0 aromatic carbocycles. The van der Waals surface area contributed by atoms with E-state index in [9.17, 15) is 14.7 Å². The van der Waals surface area contributed by atoms with Gasteiger partial charge < -0.3 is 19.5 Å². The minimum absolute atomic E-state index is 0.0897. The van der Waals surface area contributed by atoms with E-state index in [1.807, 2.05) is 20.8 Å². The zero-order valence-corrected chi connectivity index (χ0v) is 22.8. The van der Waals surface area contributed by atoms with Gasteiger partial charge in [0.05, 0.1) is 17.5 Å². The molecule has 3 rings (SSSR count). The number of halogens is 1. The maximum absolute atomic E-state index is 13.1. The summed E-state index contributed by atoms with van der Waals surface area (Å²) in [5.41, 5.74) is -1.50. The predicted octanol–water partition coefficient (Wildman–Crippen LogP) is 3.93. The molecule has 1 N–H and O–H groups in total. The van der Waals surface area contributed by atoms with Crippen molar-refractivity contribution in [2.75, 3.05) is 19.7 Å². The second-order valence-electron chi connectivity index (χ2n) is 11.3. The summed E-state index contributed by atoms with van der Waals surface area (Å²) in [6.45, 7) is 14.0. The van der Waals surface area contributed by atoms with Crippen LogP contribution in [0.25, 0.3) is 11.0 Å². The van der Waals surface area contributed by atoms with Crippen molar-refractivity contribution < 1.29 is 19.4 Å². The van der Waals surface area contributed by atoms with Crippen molar-refractivity contribution >= 4 is 36.8 Å². The van der Waals surface area contributed by atoms with E-state index in [-0.39, 0.29) is 18.8 Å². The molecule has 0 bridgehead atoms. The average molecular weight is 513 g/mol. The molecule has 190 valence electrons. The highest BCUT2D eigenvalue weighted by Crippen LogP contribution is 2.26. The summed E-state index contributed by atoms with van der Waals surface area (Å²) in [5.74, 6) is 0. The minimum Gasteiger partial charge on any atom is -0.444 e. The summed E-state index contributed by atoms with van der Waals surface area (Å²) >= 11 is 6.38. The number of rotatable bonds is 7. The Morgan fingerprint density at radius 1 is 1.26 bits per heavy atom. The number of likely N-dealkylation sites (tertiary alicyclic amines) is 1. The first-order valence-corrected chi connectivity index (χ1v) is 15.8. The SMILES string of the molecule is CC(C)(C)OC(=O)N1CCC(O)(Cn2cnc3c(cc(Cl)n3COCC[Si](C)(C)C)c2=O)CC1. The molecule has 11 heteroatoms. The third-order valence-corrected chi connectivity index (χ3v) is 7.87. The Morgan fingerprint density at radius 3 is 2.50 bits per heavy atom. The lowest BCUT2D eigenvalue weighted by atomic mass is 9.91. The van der Waals surface area contributed by atoms with Gasteiger partial charge in [-0.05, 0) is 45.7 Å². The van der Waals surface area contributed by atoms with E-state index >= 15 is 0 Å². The van der Waals surface area contributed by atoms with E-state index in [4.69, 9.17) is 21.1 Å². The van der Waals surface area contributed by atoms with Crippen molar-refractivity contribution in [1.29, 1.82) is 0 Å². The Hall–Kier alpha value is -1.88. The molecular weight excluding hydrogens is 476 g/mol. The van der Waals surface area contributed by atoms with Crippen LogP contribution in [-0.4, -0.2) is 69.2 Å². The molecule has 1 amide bonds. The second kappa shape index (κ2) is 10.0. The minimum atomic E-state index is -1.20. The van der Waals surface area contributed by atoms with Crippen LogP contribution in [0.15, 0.2) is 17.2 Å². The van der Waals surface area contributed by atoms with Gasteiger partial charge in [-0.25, -0.2) is 9.78 Å². The number of ether oxygens (including phenoxy) is 2. The largest absolute Gasteiger partial charge is 0.444 e. The van der Waals surface area contributed by atoms with Gasteiger partial charge in [0.15, 0.2) is 0 Å². The lowest BCUT2D eigenvalue weighted by Crippen LogP contribution is -2.50. The fourth-order valence-electron chi connectivity index (χ4n) is 3.81. The number of aliphatic hydroxyl groups is 1. The number of carbonyl (C=O) groups excluding carboxylic acids is 1. The summed E-state index contributed by atoms with van der Waals surface area (Å²) in [6, 6.07) is 2.63. The van der Waals surface area contributed by atoms with Crippen LogP contribution in [0.1, 0.15) is 33.6 Å². The van der Waals surface area contributed by atoms with Gasteiger partial charge in [0.25, 0.3) is 5.56 Å². The first-order chi connectivity index (χ1) is 15.7. The van der Waals surface area contributed by atoms with Crippen LogP contribution in [0.4, 0.5) is 4.79 Å². The number of hydrogen-bond acceptors (Lipinski definition) is 6. The Bertz CT molecular complexity index is 1080. The zero-order chi connectivity index (χ0) is 25.3. The van der Waals surface area contributed by atoms with Gasteiger partial charge in [-0.15, -0.1) is 0 Å². The number of nitrogens with zero attached hydrogens (tertiary/aromatic N) is 4. The number of amides is 1. The topological polar surface area (TPSA) is 98.8 Å². The Kier molecular flexibility index (Phi) is 7.86. The predicted molar refractivity (Wildman–Crippen MR) is 135 cm³/mol. The van der Waals surface area contributed by atoms with Crippen molar-refractivity contribution in [3.63, 3.8) is 0 Å². The Labute approximate surface area is 206 Å². The lowest BCUT2D eigenvalue weighted by molar-refractivity contribution is -0.0419. The molecule has 1 aliphatic rings. The maximum Gasteiger partial charge on any atom is 0.410 e. The van der Waals surface area contributed by atoms with Crippen LogP contribution in [0.2, 0.25) is 30.8 Å². The number of hydrogen-bond donors (Lipinski definition) is 1. The van der Waals surface area contributed by atoms with Crippen LogP contribution in [-0.2, 0) is 22.7 Å². The van der Waals surface area contributed by atoms with Crippen LogP contribution < -0.4 is 5.56 Å². The molecule has 0 unspecified atom stereocenters. The average Bonchev–Trinajstić information content (AvgIpc) is 3.02. The van der Waals surface area contributed by atoms with Crippen molar-refractivity contribution in [3.8, 4) is 0 Å². The summed E-state index contributed by atoms with van der Waals surface area (Å²) in [7, 11) is -1.20. The van der Waals surface area contributed by atoms with Gasteiger partial charge in [0.2, 0.25) is 0 Å². The molecule has 0 saturated carbocycles. The van der Waals surface area contributed by atoms with Gasteiger partial charge in [0.1, 0.15) is 29.5 Å². The van der Waals surface area contributed by atoms with Gasteiger partial charge in [-0.2, -0.15) is 0 Å². The van der Waals surface area contributed by atoms with Crippen molar-refractivity contribution in [2.24, 2.45) is 0 Å². The van der Waals surface area contributed by atoms with E-state index in [0.717, 1.165) is 6.04 Å². The molecule has 9 nitrogen and oxygen atoms in total. The summed E-state index contributed by atoms with van der Waals surface area (Å²) in [5, 5.41) is 11.9. The van der Waals surface area contributed by atoms with E-state index in [2.05, 4.69) is 24.6 Å². The fourth-order valence-corrected chi connectivity index (χ4v) is 4.81. The standard InChI is InChI=1S/C23H37ClN4O5Si/c1-22(2,3)33-21(30)26-9-7-23(31,8-10-26)14-27-15-25-19-17(20(27)29)13-18(24)28(19)16-32-11-12-34(4,5)6/h13,15,31H,7-12,14,16H2,1-6H3. The highest BCUT2D eigenvalue weighted by molar-refractivity contribution is 6.76. The van der Waals surface area contributed by atoms with Crippen LogP contribution in [0, 0.1) is 0 Å². The van der Waals surface area contributed by atoms with E-state index in [1.165, 1.54) is 10.9 Å². The van der Waals surface area contributed by atoms with Gasteiger partial charge in [-0.1, -0.05) is 31.2 Å². The maximum atomic E-state index is 13.1. The molecule has 1 aliphatic heterocycles. The van der Waals surface area contributed by atoms with Gasteiger partial charge in [-0.3, -0.25) is 13.9 Å². The van der Waals surface area contributed by atoms with E-state index in [1.54, 1.807) is 15.5 Å². The first-order valence-electron chi connectivity index (χ1n) is 11.7. The molecule has 34 heavy (non-hydrogen) atoms. The molecule has 0 atom stereocenters. The quantitative estimate of drug-likeness (QED) is 0.446. The Morgan fingerprint density at radius 2 is 1.91 bits per heavy atom. The van der Waals surface area contributed by atoms with Crippen LogP contribution in [0.5, 0.6) is 0 Å². The third kappa shape index (κ3) is 6.84. The Balaban J connectivity index is 1.67. The van der Waals surface area contributed by atoms with Crippen LogP contribution in [0.3, 0.4) is 0 Å². The molecule has 0 spiro atoms. The van der Waals surface area contributed by atoms with Crippen LogP contribution >= 0.6 is 11.6 Å². The zero-order valence-electron chi connectivity index (χ0n) is 21.1. The summed E-state index contributed by atoms with van der Waals surface area (Å²) in [6.07, 6.45) is 1.72. The molecule has 1 saturated heterocycles. The highest BCUT2D eigenvalue weighted by Gasteiger charge is 2.36. The lowest BCUT2D eigenvalue weighted by Gasteiger charge is -2.38. The number of fused-ring (bicyclic) bond motifs is 1. The first kappa shape index (κ1) is 26.7. The van der Waals surface area contributed by atoms with E-state index < -0.39 is 25.4 Å². The van der Waals surface area contributed by atoms with Gasteiger partial charge >= 0.3 is 6.09 Å². The fraction of sp³-hybridized carbons (Fsp3) is 0.696. The molecular formula is C23H37ClN4O5Si. The number of carbonyl (C=O) groups is 1. The summed E-state index contributed by atoms with van der Waals surface area (Å²) in [4.78, 5) is 31.4. The molecule has 2 aromatic rings. The normalized spacial score (nSPS) is 16.8. The van der Waals surface area contributed by atoms with Crippen molar-refractivity contribution in [2.45, 2.75) is 83.8 Å². The number of piperidine rings is 1. The van der Waals surface area contributed by atoms with Crippen molar-refractivity contribution in [3.05, 3.63) is 27.9 Å². The van der Waals surface area contributed by atoms with Crippen molar-refractivity contribution in [1.82, 2.24) is 19.0 Å². The molecule has 0 radical (unpaired) electrons. The second-order valence-corrected chi connectivity index (χ2v) is 17.4. The molecule has 2 aromatic heterocycles. The van der Waals surface area contributed by atoms with E-state index in [0.29, 0.717) is 48.7 Å². The highest BCUT2D eigenvalue weighted by atomic mass is 35.5. The molecule has 1 fully saturated rings. The third-order valence-electron chi connectivity index (χ3n) is 5.86. The number of aromatic nitrogens is 3.